The van der Waals surface area contributed by atoms with Crippen molar-refractivity contribution in [3.63, 3.8) is 0 Å². The van der Waals surface area contributed by atoms with Crippen molar-refractivity contribution < 1.29 is 9.59 Å². The first-order valence-electron chi connectivity index (χ1n) is 8.56. The van der Waals surface area contributed by atoms with Crippen LogP contribution in [0.4, 0.5) is 0 Å². The van der Waals surface area contributed by atoms with E-state index in [-0.39, 0.29) is 17.9 Å². The van der Waals surface area contributed by atoms with Gasteiger partial charge in [-0.05, 0) is 37.5 Å². The van der Waals surface area contributed by atoms with E-state index >= 15 is 0 Å². The molecule has 1 atom stereocenters. The fourth-order valence-electron chi connectivity index (χ4n) is 3.33. The zero-order chi connectivity index (χ0) is 15.6. The molecule has 4 heteroatoms. The molecule has 1 heterocycles. The van der Waals surface area contributed by atoms with Crippen LogP contribution in [0.1, 0.15) is 66.2 Å². The average molecular weight is 294 g/mol. The second-order valence-corrected chi connectivity index (χ2v) is 7.15. The first-order chi connectivity index (χ1) is 9.93. The van der Waals surface area contributed by atoms with Crippen LogP contribution >= 0.6 is 0 Å². The van der Waals surface area contributed by atoms with E-state index < -0.39 is 5.54 Å². The number of hydrogen-bond donors (Lipinski definition) is 1. The molecule has 1 saturated heterocycles. The minimum atomic E-state index is -0.673. The Morgan fingerprint density at radius 1 is 1.24 bits per heavy atom. The van der Waals surface area contributed by atoms with Crippen LogP contribution in [0.3, 0.4) is 0 Å². The van der Waals surface area contributed by atoms with Crippen molar-refractivity contribution in [2.45, 2.75) is 77.8 Å². The molecule has 0 aromatic rings. The molecule has 21 heavy (non-hydrogen) atoms. The van der Waals surface area contributed by atoms with Gasteiger partial charge in [-0.25, -0.2) is 0 Å². The smallest absolute Gasteiger partial charge is 0.248 e. The van der Waals surface area contributed by atoms with E-state index in [0.29, 0.717) is 18.8 Å². The van der Waals surface area contributed by atoms with Gasteiger partial charge < -0.3 is 10.2 Å². The third-order valence-corrected chi connectivity index (χ3v) is 5.09. The molecule has 4 nitrogen and oxygen atoms in total. The Morgan fingerprint density at radius 3 is 2.33 bits per heavy atom. The van der Waals surface area contributed by atoms with Gasteiger partial charge in [0.1, 0.15) is 11.6 Å². The zero-order valence-electron chi connectivity index (χ0n) is 13.9. The fraction of sp³-hybridized carbons (Fsp3) is 0.882. The summed E-state index contributed by atoms with van der Waals surface area (Å²) >= 11 is 0. The quantitative estimate of drug-likeness (QED) is 0.785. The molecule has 0 bridgehead atoms. The normalized spacial score (nSPS) is 25.4. The summed E-state index contributed by atoms with van der Waals surface area (Å²) in [5, 5.41) is 3.04. The van der Waals surface area contributed by atoms with Crippen LogP contribution in [0.15, 0.2) is 0 Å². The highest BCUT2D eigenvalue weighted by molar-refractivity contribution is 5.99. The van der Waals surface area contributed by atoms with E-state index in [1.165, 1.54) is 12.8 Å². The second-order valence-electron chi connectivity index (χ2n) is 7.15. The fourth-order valence-corrected chi connectivity index (χ4v) is 3.33. The SMILES string of the molecule is CCC1(CC)NC(=O)C(CC(C)C)N(CCC2CC2)C1=O. The van der Waals surface area contributed by atoms with Gasteiger partial charge in [-0.2, -0.15) is 0 Å². The van der Waals surface area contributed by atoms with Gasteiger partial charge in [0.2, 0.25) is 11.8 Å². The molecule has 1 aliphatic heterocycles. The van der Waals surface area contributed by atoms with Crippen LogP contribution < -0.4 is 5.32 Å². The van der Waals surface area contributed by atoms with Crippen molar-refractivity contribution in [2.75, 3.05) is 6.54 Å². The van der Waals surface area contributed by atoms with E-state index in [1.54, 1.807) is 0 Å². The van der Waals surface area contributed by atoms with Gasteiger partial charge in [0, 0.05) is 6.54 Å². The molecule has 2 amide bonds. The number of carbonyl (C=O) groups is 2. The summed E-state index contributed by atoms with van der Waals surface area (Å²) < 4.78 is 0. The molecule has 120 valence electrons. The highest BCUT2D eigenvalue weighted by Gasteiger charge is 2.48. The molecular weight excluding hydrogens is 264 g/mol. The van der Waals surface area contributed by atoms with E-state index in [2.05, 4.69) is 19.2 Å². The summed E-state index contributed by atoms with van der Waals surface area (Å²) in [6.07, 6.45) is 5.72. The first kappa shape index (κ1) is 16.3. The van der Waals surface area contributed by atoms with Gasteiger partial charge in [0.25, 0.3) is 0 Å². The van der Waals surface area contributed by atoms with Gasteiger partial charge in [-0.15, -0.1) is 0 Å². The highest BCUT2D eigenvalue weighted by Crippen LogP contribution is 2.34. The van der Waals surface area contributed by atoms with Crippen molar-refractivity contribution in [1.29, 1.82) is 0 Å². The van der Waals surface area contributed by atoms with Crippen LogP contribution in [0.5, 0.6) is 0 Å². The van der Waals surface area contributed by atoms with Crippen molar-refractivity contribution >= 4 is 11.8 Å². The number of rotatable bonds is 7. The summed E-state index contributed by atoms with van der Waals surface area (Å²) in [5.41, 5.74) is -0.673. The molecule has 0 spiro atoms. The van der Waals surface area contributed by atoms with Crippen molar-refractivity contribution in [1.82, 2.24) is 10.2 Å². The number of piperazine rings is 1. The third-order valence-electron chi connectivity index (χ3n) is 5.09. The van der Waals surface area contributed by atoms with Crippen LogP contribution in [0, 0.1) is 11.8 Å². The highest BCUT2D eigenvalue weighted by atomic mass is 16.2. The lowest BCUT2D eigenvalue weighted by Gasteiger charge is -2.46. The lowest BCUT2D eigenvalue weighted by Crippen LogP contribution is -2.70. The number of nitrogens with one attached hydrogen (secondary N) is 1. The van der Waals surface area contributed by atoms with Crippen molar-refractivity contribution in [2.24, 2.45) is 11.8 Å². The number of nitrogens with zero attached hydrogens (tertiary/aromatic N) is 1. The predicted molar refractivity (Wildman–Crippen MR) is 83.8 cm³/mol. The number of carbonyl (C=O) groups excluding carboxylic acids is 2. The van der Waals surface area contributed by atoms with Crippen LogP contribution in [-0.2, 0) is 9.59 Å². The van der Waals surface area contributed by atoms with Crippen LogP contribution in [0.2, 0.25) is 0 Å². The van der Waals surface area contributed by atoms with Gasteiger partial charge in [-0.1, -0.05) is 40.5 Å². The summed E-state index contributed by atoms with van der Waals surface area (Å²) in [6.45, 7) is 8.94. The third kappa shape index (κ3) is 3.41. The molecule has 1 N–H and O–H groups in total. The van der Waals surface area contributed by atoms with E-state index in [9.17, 15) is 9.59 Å². The maximum absolute atomic E-state index is 13.0. The monoisotopic (exact) mass is 294 g/mol. The van der Waals surface area contributed by atoms with Crippen molar-refractivity contribution in [3.8, 4) is 0 Å². The van der Waals surface area contributed by atoms with E-state index in [1.807, 2.05) is 18.7 Å². The Labute approximate surface area is 128 Å². The molecule has 2 aliphatic rings. The Bertz CT molecular complexity index is 398. The minimum Gasteiger partial charge on any atom is -0.340 e. The lowest BCUT2D eigenvalue weighted by molar-refractivity contribution is -0.156. The van der Waals surface area contributed by atoms with Crippen LogP contribution in [-0.4, -0.2) is 34.8 Å². The summed E-state index contributed by atoms with van der Waals surface area (Å²) in [4.78, 5) is 27.5. The van der Waals surface area contributed by atoms with Gasteiger partial charge in [0.05, 0.1) is 0 Å². The lowest BCUT2D eigenvalue weighted by atomic mass is 9.85. The largest absolute Gasteiger partial charge is 0.340 e. The standard InChI is InChI=1S/C17H30N2O2/c1-5-17(6-2)16(21)19(10-9-13-7-8-13)14(11-12(3)4)15(20)18-17/h12-14H,5-11H2,1-4H3,(H,18,20). The molecule has 1 saturated carbocycles. The van der Waals surface area contributed by atoms with E-state index in [0.717, 1.165) is 25.3 Å². The molecule has 0 radical (unpaired) electrons. The van der Waals surface area contributed by atoms with Gasteiger partial charge in [-0.3, -0.25) is 9.59 Å². The summed E-state index contributed by atoms with van der Waals surface area (Å²) in [7, 11) is 0. The molecule has 1 unspecified atom stereocenters. The Kier molecular flexibility index (Phi) is 4.95. The maximum atomic E-state index is 13.0. The average Bonchev–Trinajstić information content (AvgIpc) is 3.26. The van der Waals surface area contributed by atoms with Crippen LogP contribution in [0.25, 0.3) is 0 Å². The molecule has 0 aromatic carbocycles. The molecule has 2 fully saturated rings. The number of amides is 2. The zero-order valence-corrected chi connectivity index (χ0v) is 13.9. The summed E-state index contributed by atoms with van der Waals surface area (Å²) in [5.74, 6) is 1.37. The topological polar surface area (TPSA) is 49.4 Å². The Balaban J connectivity index is 2.19. The number of hydrogen-bond acceptors (Lipinski definition) is 2. The Morgan fingerprint density at radius 2 is 1.86 bits per heavy atom. The maximum Gasteiger partial charge on any atom is 0.248 e. The van der Waals surface area contributed by atoms with Crippen molar-refractivity contribution in [3.05, 3.63) is 0 Å². The molecule has 2 rings (SSSR count). The predicted octanol–water partition coefficient (Wildman–Crippen LogP) is 2.72. The van der Waals surface area contributed by atoms with Gasteiger partial charge >= 0.3 is 0 Å². The molecule has 1 aliphatic carbocycles. The summed E-state index contributed by atoms with van der Waals surface area (Å²) in [6, 6.07) is -0.275. The van der Waals surface area contributed by atoms with E-state index in [4.69, 9.17) is 0 Å². The first-order valence-corrected chi connectivity index (χ1v) is 8.56. The minimum absolute atomic E-state index is 0.0443. The van der Waals surface area contributed by atoms with Gasteiger partial charge in [0.15, 0.2) is 0 Å². The Hall–Kier alpha value is -1.06. The molecule has 0 aromatic heterocycles. The second kappa shape index (κ2) is 6.37. The molecular formula is C17H30N2O2.